The number of anilines is 3. The van der Waals surface area contributed by atoms with Crippen molar-refractivity contribution in [3.63, 3.8) is 0 Å². The number of carbonyl (C=O) groups excluding carboxylic acids is 1. The summed E-state index contributed by atoms with van der Waals surface area (Å²) in [6, 6.07) is 19.0. The Bertz CT molecular complexity index is 1250. The summed E-state index contributed by atoms with van der Waals surface area (Å²) in [6.45, 7) is 3.00. The Balaban J connectivity index is 1.52. The summed E-state index contributed by atoms with van der Waals surface area (Å²) in [5.41, 5.74) is 2.08. The molecule has 0 aliphatic carbocycles. The summed E-state index contributed by atoms with van der Waals surface area (Å²) in [7, 11) is 0. The molecule has 36 heavy (non-hydrogen) atoms. The molecule has 1 aromatic heterocycles. The van der Waals surface area contributed by atoms with Crippen molar-refractivity contribution in [2.45, 2.75) is 25.7 Å². The van der Waals surface area contributed by atoms with Gasteiger partial charge in [0, 0.05) is 18.8 Å². The Morgan fingerprint density at radius 2 is 1.83 bits per heavy atom. The molecule has 2 aromatic carbocycles. The fraction of sp³-hybridized carbons (Fsp3) is 0.308. The van der Waals surface area contributed by atoms with Gasteiger partial charge in [0.05, 0.1) is 29.4 Å². The van der Waals surface area contributed by atoms with Gasteiger partial charge in [0.1, 0.15) is 6.33 Å². The summed E-state index contributed by atoms with van der Waals surface area (Å²) in [6.07, 6.45) is 2.36. The highest BCUT2D eigenvalue weighted by Crippen LogP contribution is 2.36. The van der Waals surface area contributed by atoms with Crippen LogP contribution in [0.1, 0.15) is 36.8 Å². The molecule has 1 aliphatic rings. The van der Waals surface area contributed by atoms with E-state index in [-0.39, 0.29) is 29.2 Å². The second-order valence-corrected chi connectivity index (χ2v) is 8.38. The number of rotatable bonds is 8. The molecular weight excluding hydrogens is 460 g/mol. The number of aromatic nitrogens is 2. The zero-order valence-electron chi connectivity index (χ0n) is 19.8. The summed E-state index contributed by atoms with van der Waals surface area (Å²) in [5, 5.41) is 24.7. The Kier molecular flexibility index (Phi) is 7.70. The molecule has 4 rings (SSSR count). The van der Waals surface area contributed by atoms with Gasteiger partial charge in [0.25, 0.3) is 0 Å². The molecule has 2 heterocycles. The van der Waals surface area contributed by atoms with Gasteiger partial charge in [-0.05, 0) is 43.0 Å². The highest BCUT2D eigenvalue weighted by molar-refractivity contribution is 5.76. The first-order valence-corrected chi connectivity index (χ1v) is 11.7. The Morgan fingerprint density at radius 3 is 2.44 bits per heavy atom. The summed E-state index contributed by atoms with van der Waals surface area (Å²) >= 11 is 0. The smallest absolute Gasteiger partial charge is 0.353 e. The molecule has 1 atom stereocenters. The lowest BCUT2D eigenvalue weighted by Crippen LogP contribution is -2.37. The molecule has 1 N–H and O–H groups in total. The van der Waals surface area contributed by atoms with Crippen molar-refractivity contribution in [3.8, 4) is 6.07 Å². The van der Waals surface area contributed by atoms with Gasteiger partial charge in [0.15, 0.2) is 0 Å². The maximum absolute atomic E-state index is 12.0. The number of benzene rings is 2. The normalized spacial score (nSPS) is 14.5. The van der Waals surface area contributed by atoms with E-state index in [0.717, 1.165) is 11.1 Å². The highest BCUT2D eigenvalue weighted by atomic mass is 16.6. The number of nitrogens with zero attached hydrogens (tertiary/aromatic N) is 5. The minimum absolute atomic E-state index is 0.0742. The van der Waals surface area contributed by atoms with Gasteiger partial charge >= 0.3 is 11.7 Å². The van der Waals surface area contributed by atoms with Crippen LogP contribution in [0.25, 0.3) is 0 Å². The quantitative estimate of drug-likeness (QED) is 0.276. The Labute approximate surface area is 208 Å². The van der Waals surface area contributed by atoms with E-state index in [1.54, 1.807) is 24.0 Å². The average molecular weight is 487 g/mol. The molecule has 0 radical (unpaired) electrons. The Morgan fingerprint density at radius 1 is 1.17 bits per heavy atom. The van der Waals surface area contributed by atoms with Crippen LogP contribution in [0.2, 0.25) is 0 Å². The summed E-state index contributed by atoms with van der Waals surface area (Å²) in [4.78, 5) is 33.7. The van der Waals surface area contributed by atoms with E-state index >= 15 is 0 Å². The minimum atomic E-state index is -0.495. The van der Waals surface area contributed by atoms with Crippen LogP contribution in [0, 0.1) is 27.4 Å². The van der Waals surface area contributed by atoms with E-state index in [2.05, 4.69) is 21.4 Å². The SMILES string of the molecule is CCOC(=O)C1CCN(c2ncnc(Nc3ccc(C(C#N)c4ccccc4)cc3)c2[N+](=O)[O-])CC1. The fourth-order valence-electron chi connectivity index (χ4n) is 4.33. The van der Waals surface area contributed by atoms with Crippen LogP contribution in [0.3, 0.4) is 0 Å². The summed E-state index contributed by atoms with van der Waals surface area (Å²) < 4.78 is 5.11. The van der Waals surface area contributed by atoms with Gasteiger partial charge in [-0.25, -0.2) is 9.97 Å². The monoisotopic (exact) mass is 486 g/mol. The topological polar surface area (TPSA) is 134 Å². The number of nitrogens with one attached hydrogen (secondary N) is 1. The van der Waals surface area contributed by atoms with Crippen molar-refractivity contribution in [3.05, 3.63) is 82.2 Å². The molecule has 1 aliphatic heterocycles. The number of nitriles is 1. The number of hydrogen-bond acceptors (Lipinski definition) is 9. The predicted molar refractivity (Wildman–Crippen MR) is 134 cm³/mol. The second kappa shape index (κ2) is 11.3. The van der Waals surface area contributed by atoms with Crippen LogP contribution >= 0.6 is 0 Å². The Hall–Kier alpha value is -4.52. The van der Waals surface area contributed by atoms with Crippen molar-refractivity contribution in [1.29, 1.82) is 5.26 Å². The van der Waals surface area contributed by atoms with E-state index in [0.29, 0.717) is 38.2 Å². The number of carbonyl (C=O) groups is 1. The molecular formula is C26H26N6O4. The van der Waals surface area contributed by atoms with Crippen molar-refractivity contribution >= 4 is 29.0 Å². The third-order valence-corrected chi connectivity index (χ3v) is 6.17. The van der Waals surface area contributed by atoms with E-state index in [4.69, 9.17) is 4.74 Å². The lowest BCUT2D eigenvalue weighted by atomic mass is 9.92. The van der Waals surface area contributed by atoms with E-state index in [1.807, 2.05) is 42.5 Å². The molecule has 1 unspecified atom stereocenters. The number of hydrogen-bond donors (Lipinski definition) is 1. The van der Waals surface area contributed by atoms with Crippen molar-refractivity contribution < 1.29 is 14.5 Å². The molecule has 0 amide bonds. The zero-order valence-corrected chi connectivity index (χ0v) is 19.8. The van der Waals surface area contributed by atoms with Crippen molar-refractivity contribution in [2.75, 3.05) is 29.9 Å². The molecule has 3 aromatic rings. The molecule has 0 bridgehead atoms. The van der Waals surface area contributed by atoms with E-state index in [9.17, 15) is 20.2 Å². The van der Waals surface area contributed by atoms with Gasteiger partial charge in [-0.2, -0.15) is 5.26 Å². The van der Waals surface area contributed by atoms with Crippen LogP contribution in [-0.2, 0) is 9.53 Å². The van der Waals surface area contributed by atoms with E-state index in [1.165, 1.54) is 6.33 Å². The van der Waals surface area contributed by atoms with Crippen LogP contribution in [-0.4, -0.2) is 40.6 Å². The lowest BCUT2D eigenvalue weighted by molar-refractivity contribution is -0.383. The molecule has 10 heteroatoms. The number of piperidine rings is 1. The third-order valence-electron chi connectivity index (χ3n) is 6.17. The van der Waals surface area contributed by atoms with Crippen LogP contribution in [0.4, 0.5) is 23.0 Å². The highest BCUT2D eigenvalue weighted by Gasteiger charge is 2.32. The van der Waals surface area contributed by atoms with E-state index < -0.39 is 10.8 Å². The van der Waals surface area contributed by atoms with Gasteiger partial charge in [-0.15, -0.1) is 0 Å². The molecule has 0 saturated carbocycles. The predicted octanol–water partition coefficient (Wildman–Crippen LogP) is 4.56. The molecule has 184 valence electrons. The first-order valence-electron chi connectivity index (χ1n) is 11.7. The standard InChI is InChI=1S/C26H26N6O4/c1-2-36-26(33)20-12-14-31(15-13-20)25-23(32(34)35)24(28-17-29-25)30-21-10-8-19(9-11-21)22(16-27)18-6-4-3-5-7-18/h3-11,17,20,22H,2,12-15H2,1H3,(H,28,29,30). The van der Waals surface area contributed by atoms with Crippen LogP contribution < -0.4 is 10.2 Å². The van der Waals surface area contributed by atoms with Crippen molar-refractivity contribution in [1.82, 2.24) is 9.97 Å². The molecule has 1 fully saturated rings. The van der Waals surface area contributed by atoms with Crippen LogP contribution in [0.15, 0.2) is 60.9 Å². The van der Waals surface area contributed by atoms with Gasteiger partial charge in [-0.1, -0.05) is 42.5 Å². The maximum Gasteiger partial charge on any atom is 0.353 e. The van der Waals surface area contributed by atoms with Gasteiger partial charge in [0.2, 0.25) is 11.6 Å². The number of esters is 1. The maximum atomic E-state index is 12.0. The second-order valence-electron chi connectivity index (χ2n) is 8.38. The largest absolute Gasteiger partial charge is 0.466 e. The van der Waals surface area contributed by atoms with Gasteiger partial charge in [-0.3, -0.25) is 14.9 Å². The zero-order chi connectivity index (χ0) is 25.5. The lowest BCUT2D eigenvalue weighted by Gasteiger charge is -2.31. The first-order chi connectivity index (χ1) is 17.5. The number of nitro groups is 1. The third kappa shape index (κ3) is 5.41. The fourth-order valence-corrected chi connectivity index (χ4v) is 4.33. The van der Waals surface area contributed by atoms with Crippen LogP contribution in [0.5, 0.6) is 0 Å². The minimum Gasteiger partial charge on any atom is -0.466 e. The molecule has 0 spiro atoms. The average Bonchev–Trinajstić information content (AvgIpc) is 2.91. The first kappa shape index (κ1) is 24.6. The summed E-state index contributed by atoms with van der Waals surface area (Å²) in [5.74, 6) is -0.578. The molecule has 10 nitrogen and oxygen atoms in total. The van der Waals surface area contributed by atoms with Gasteiger partial charge < -0.3 is 15.0 Å². The number of ether oxygens (including phenoxy) is 1. The molecule has 1 saturated heterocycles. The van der Waals surface area contributed by atoms with Crippen molar-refractivity contribution in [2.24, 2.45) is 5.92 Å².